The minimum absolute atomic E-state index is 0.00545. The minimum Gasteiger partial charge on any atom is -0.481 e. The van der Waals surface area contributed by atoms with Crippen LogP contribution >= 0.6 is 0 Å². The van der Waals surface area contributed by atoms with Crippen molar-refractivity contribution >= 4 is 86.3 Å². The van der Waals surface area contributed by atoms with Crippen LogP contribution < -0.4 is 32.7 Å². The summed E-state index contributed by atoms with van der Waals surface area (Å²) in [6, 6.07) is 5.10. The highest BCUT2D eigenvalue weighted by molar-refractivity contribution is 7.85. The number of rotatable bonds is 68. The van der Waals surface area contributed by atoms with Crippen LogP contribution in [0.2, 0.25) is 0 Å². The quantitative estimate of drug-likeness (QED) is 0.0130. The monoisotopic (exact) mass is 1480 g/mol. The molecule has 0 radical (unpaired) electrons. The molecule has 0 saturated carbocycles. The lowest BCUT2D eigenvalue weighted by Crippen LogP contribution is -2.44. The largest absolute Gasteiger partial charge is 0.481 e. The number of amides is 5. The zero-order valence-electron chi connectivity index (χ0n) is 61.9. The molecule has 29 heteroatoms. The molecule has 12 N–H and O–H groups in total. The Morgan fingerprint density at radius 3 is 1.62 bits per heavy atom. The lowest BCUT2D eigenvalue weighted by Gasteiger charge is -2.26. The van der Waals surface area contributed by atoms with Crippen LogP contribution in [-0.4, -0.2) is 183 Å². The lowest BCUT2D eigenvalue weighted by molar-refractivity contribution is -0.146. The molecule has 103 heavy (non-hydrogen) atoms. The Morgan fingerprint density at radius 1 is 0.485 bits per heavy atom. The zero-order chi connectivity index (χ0) is 77.0. The molecule has 0 aliphatic carbocycles. The molecule has 1 unspecified atom stereocenters. The van der Waals surface area contributed by atoms with E-state index < -0.39 is 112 Å². The fourth-order valence-corrected chi connectivity index (χ4v) is 12.3. The Hall–Kier alpha value is -6.92. The SMILES string of the molecule is Cc1ccc(C[C@H](CC(=O)[C@H](CCCCC(=N)N)C(C)C(=O)[C@H](C)NC(=O)C[C@@H](CC(=O)[C@H](CCCCNC(=O)COCCOCCCC(=O)COCCOCCNC(=O)CC[C@H](NC(=O)CCCCCCCCCCCCCCCS(=O)(=O)O)C(=O)O)CC(=O)CC(C)C)C(=O)O)C(N)=O)cc1. The van der Waals surface area contributed by atoms with Crippen LogP contribution in [0, 0.1) is 47.8 Å². The van der Waals surface area contributed by atoms with Gasteiger partial charge in [0, 0.05) is 101 Å². The first kappa shape index (κ1) is 94.1. The topological polar surface area (TPSA) is 461 Å². The van der Waals surface area contributed by atoms with Crippen molar-refractivity contribution in [3.8, 4) is 0 Å². The fourth-order valence-electron chi connectivity index (χ4n) is 11.8. The van der Waals surface area contributed by atoms with Crippen molar-refractivity contribution in [2.75, 3.05) is 71.7 Å². The fraction of sp³-hybridized carbons (Fsp3) is 0.743. The number of carboxylic acid groups (broad SMARTS) is 2. The number of nitrogens with one attached hydrogen (secondary N) is 5. The first-order valence-corrected chi connectivity index (χ1v) is 38.6. The predicted octanol–water partition coefficient (Wildman–Crippen LogP) is 7.61. The van der Waals surface area contributed by atoms with E-state index in [9.17, 15) is 76.2 Å². The molecule has 0 aromatic heterocycles. The molecule has 0 aliphatic heterocycles. The van der Waals surface area contributed by atoms with Crippen LogP contribution in [0.4, 0.5) is 0 Å². The van der Waals surface area contributed by atoms with E-state index in [0.29, 0.717) is 44.9 Å². The Morgan fingerprint density at radius 2 is 1.04 bits per heavy atom. The van der Waals surface area contributed by atoms with Crippen LogP contribution in [-0.2, 0) is 93.0 Å². The molecule has 0 bridgehead atoms. The van der Waals surface area contributed by atoms with Crippen molar-refractivity contribution in [2.24, 2.45) is 47.0 Å². The second-order valence-electron chi connectivity index (χ2n) is 27.6. The van der Waals surface area contributed by atoms with Crippen molar-refractivity contribution in [3.63, 3.8) is 0 Å². The second-order valence-corrected chi connectivity index (χ2v) is 29.1. The number of aryl methyl sites for hydroxylation is 1. The van der Waals surface area contributed by atoms with Crippen LogP contribution in [0.1, 0.15) is 231 Å². The van der Waals surface area contributed by atoms with Crippen molar-refractivity contribution in [3.05, 3.63) is 35.4 Å². The average Bonchev–Trinajstić information content (AvgIpc) is 0.847. The average molecular weight is 1480 g/mol. The third-order valence-electron chi connectivity index (χ3n) is 17.7. The smallest absolute Gasteiger partial charge is 0.326 e. The van der Waals surface area contributed by atoms with Crippen molar-refractivity contribution in [1.29, 1.82) is 5.41 Å². The van der Waals surface area contributed by atoms with Gasteiger partial charge in [-0.3, -0.25) is 62.7 Å². The van der Waals surface area contributed by atoms with Gasteiger partial charge in [-0.05, 0) is 83.1 Å². The van der Waals surface area contributed by atoms with E-state index >= 15 is 0 Å². The molecule has 0 heterocycles. The highest BCUT2D eigenvalue weighted by atomic mass is 32.2. The summed E-state index contributed by atoms with van der Waals surface area (Å²) in [4.78, 5) is 155. The van der Waals surface area contributed by atoms with Crippen molar-refractivity contribution < 1.29 is 99.7 Å². The third-order valence-corrected chi connectivity index (χ3v) is 18.5. The Labute approximate surface area is 609 Å². The molecule has 0 spiro atoms. The second kappa shape index (κ2) is 56.5. The summed E-state index contributed by atoms with van der Waals surface area (Å²) in [6.07, 6.45) is 14.4. The Bertz CT molecular complexity index is 2860. The number of carbonyl (C=O) groups excluding carboxylic acids is 10. The van der Waals surface area contributed by atoms with Gasteiger partial charge in [0.05, 0.1) is 56.6 Å². The number of unbranched alkanes of at least 4 members (excludes halogenated alkanes) is 14. The van der Waals surface area contributed by atoms with Gasteiger partial charge in [-0.15, -0.1) is 0 Å². The molecule has 28 nitrogen and oxygen atoms in total. The number of amidine groups is 1. The lowest BCUT2D eigenvalue weighted by atomic mass is 9.78. The number of ketones is 5. The Kier molecular flexibility index (Phi) is 51.6. The number of carbonyl (C=O) groups is 12. The molecule has 1 aromatic carbocycles. The van der Waals surface area contributed by atoms with E-state index in [1.807, 2.05) is 45.0 Å². The minimum atomic E-state index is -3.87. The van der Waals surface area contributed by atoms with Gasteiger partial charge in [-0.25, -0.2) is 4.79 Å². The van der Waals surface area contributed by atoms with Gasteiger partial charge >= 0.3 is 11.9 Å². The highest BCUT2D eigenvalue weighted by Crippen LogP contribution is 2.28. The van der Waals surface area contributed by atoms with Gasteiger partial charge in [0.25, 0.3) is 10.1 Å². The van der Waals surface area contributed by atoms with E-state index in [-0.39, 0.29) is 177 Å². The molecule has 5 amide bonds. The maximum atomic E-state index is 14.0. The molecule has 7 atom stereocenters. The van der Waals surface area contributed by atoms with E-state index in [4.69, 9.17) is 40.4 Å². The van der Waals surface area contributed by atoms with Crippen LogP contribution in [0.3, 0.4) is 0 Å². The standard InChI is InChI=1S/C74H123N7O21S/c1-52(2)44-61(83)46-57(64(84)48-59(73(92)93)49-69(88)80-55(5)71(90)54(4)62(26-18-19-27-66(75)76)65(85)47-58(72(77)91)45-56-31-29-53(3)30-32-56)24-20-21-35-78-70(89)51-102-42-39-99-37-23-25-60(82)50-101-41-40-100-38-36-79-67(86)34-33-63(74(94)95)81-68(87)28-17-15-13-11-9-7-6-8-10-12-14-16-22-43-103(96,97)98/h29-32,52,54-55,57-59,62-63H,6-28,33-51H2,1-5H3,(H3,75,76)(H2,77,91)(H,78,89)(H,79,86)(H,80,88)(H,81,87)(H,92,93)(H,94,95)(H,96,97,98)/t54?,55-,57+,58+,59+,62+,63-/m0/s1. The summed E-state index contributed by atoms with van der Waals surface area (Å²) in [5, 5.41) is 37.8. The number of aliphatic carboxylic acids is 2. The van der Waals surface area contributed by atoms with E-state index in [1.54, 1.807) is 6.92 Å². The van der Waals surface area contributed by atoms with Crippen LogP contribution in [0.5, 0.6) is 0 Å². The van der Waals surface area contributed by atoms with Crippen LogP contribution in [0.25, 0.3) is 0 Å². The number of primary amides is 1. The van der Waals surface area contributed by atoms with Gasteiger partial charge in [0.2, 0.25) is 29.5 Å². The number of hydrogen-bond acceptors (Lipinski definition) is 19. The molecular formula is C74H123N7O21S. The van der Waals surface area contributed by atoms with Crippen molar-refractivity contribution in [1.82, 2.24) is 21.3 Å². The molecule has 586 valence electrons. The normalized spacial score (nSPS) is 13.5. The number of ether oxygens (including phenoxy) is 4. The maximum Gasteiger partial charge on any atom is 0.326 e. The molecule has 1 aromatic rings. The molecule has 1 rings (SSSR count). The van der Waals surface area contributed by atoms with E-state index in [1.165, 1.54) is 6.92 Å². The summed E-state index contributed by atoms with van der Waals surface area (Å²) in [5.74, 6) is -12.2. The van der Waals surface area contributed by atoms with E-state index in [2.05, 4.69) is 21.3 Å². The molecule has 0 fully saturated rings. The van der Waals surface area contributed by atoms with Crippen molar-refractivity contribution in [2.45, 2.75) is 246 Å². The number of Topliss-reactive ketones (excluding diaryl/α,β-unsaturated/α-hetero) is 5. The summed E-state index contributed by atoms with van der Waals surface area (Å²) in [6.45, 7) is 9.63. The third kappa shape index (κ3) is 50.2. The number of nitrogens with two attached hydrogens (primary N) is 2. The summed E-state index contributed by atoms with van der Waals surface area (Å²) >= 11 is 0. The summed E-state index contributed by atoms with van der Waals surface area (Å²) in [7, 11) is -3.87. The number of carboxylic acids is 2. The zero-order valence-corrected chi connectivity index (χ0v) is 62.7. The number of hydrogen-bond donors (Lipinski definition) is 10. The first-order chi connectivity index (χ1) is 48.9. The molecule has 0 saturated heterocycles. The van der Waals surface area contributed by atoms with Gasteiger partial charge in [-0.2, -0.15) is 8.42 Å². The van der Waals surface area contributed by atoms with Gasteiger partial charge in [-0.1, -0.05) is 134 Å². The first-order valence-electron chi connectivity index (χ1n) is 37.0. The number of benzene rings is 1. The molecular weight excluding hydrogens is 1350 g/mol. The Balaban J connectivity index is 2.37. The highest BCUT2D eigenvalue weighted by Gasteiger charge is 2.36. The predicted molar refractivity (Wildman–Crippen MR) is 388 cm³/mol. The maximum absolute atomic E-state index is 14.0. The van der Waals surface area contributed by atoms with Gasteiger partial charge in [0.1, 0.15) is 36.6 Å². The van der Waals surface area contributed by atoms with Gasteiger partial charge < -0.3 is 61.9 Å². The van der Waals surface area contributed by atoms with Gasteiger partial charge in [0.15, 0.2) is 11.6 Å². The van der Waals surface area contributed by atoms with Crippen LogP contribution in [0.15, 0.2) is 24.3 Å². The molecule has 0 aliphatic rings. The summed E-state index contributed by atoms with van der Waals surface area (Å²) < 4.78 is 52.0. The summed E-state index contributed by atoms with van der Waals surface area (Å²) in [5.41, 5.74) is 13.1. The van der Waals surface area contributed by atoms with E-state index in [0.717, 1.165) is 81.8 Å².